The highest BCUT2D eigenvalue weighted by Crippen LogP contribution is 2.26. The number of nitrogens with two attached hydrogens (primary N) is 1. The SMILES string of the molecule is CN(Cc1ccc(I)cc1)c1ccc(Br)cc1N. The second kappa shape index (κ2) is 5.93. The van der Waals surface area contributed by atoms with E-state index in [1.165, 1.54) is 9.13 Å². The summed E-state index contributed by atoms with van der Waals surface area (Å²) >= 11 is 5.73. The van der Waals surface area contributed by atoms with Crippen LogP contribution < -0.4 is 10.6 Å². The summed E-state index contributed by atoms with van der Waals surface area (Å²) in [5, 5.41) is 0. The first-order valence-corrected chi connectivity index (χ1v) is 7.44. The first-order chi connectivity index (χ1) is 8.56. The minimum atomic E-state index is 0.789. The molecule has 2 nitrogen and oxygen atoms in total. The molecule has 0 saturated heterocycles. The molecule has 0 saturated carbocycles. The number of anilines is 2. The zero-order valence-electron chi connectivity index (χ0n) is 10.0. The van der Waals surface area contributed by atoms with Crippen molar-refractivity contribution in [3.8, 4) is 0 Å². The Morgan fingerprint density at radius 3 is 2.44 bits per heavy atom. The van der Waals surface area contributed by atoms with E-state index in [4.69, 9.17) is 5.73 Å². The van der Waals surface area contributed by atoms with Crippen molar-refractivity contribution in [2.45, 2.75) is 6.54 Å². The predicted octanol–water partition coefficient (Wildman–Crippen LogP) is 4.27. The first-order valence-electron chi connectivity index (χ1n) is 5.57. The van der Waals surface area contributed by atoms with E-state index in [2.05, 4.69) is 74.7 Å². The molecule has 18 heavy (non-hydrogen) atoms. The highest BCUT2D eigenvalue weighted by atomic mass is 127. The van der Waals surface area contributed by atoms with Gasteiger partial charge >= 0.3 is 0 Å². The summed E-state index contributed by atoms with van der Waals surface area (Å²) in [4.78, 5) is 2.16. The molecule has 2 aromatic rings. The Bertz CT molecular complexity index is 540. The van der Waals surface area contributed by atoms with Crippen LogP contribution in [-0.4, -0.2) is 7.05 Å². The van der Waals surface area contributed by atoms with E-state index in [1.54, 1.807) is 0 Å². The van der Waals surface area contributed by atoms with Crippen LogP contribution in [-0.2, 0) is 6.54 Å². The lowest BCUT2D eigenvalue weighted by Gasteiger charge is -2.21. The van der Waals surface area contributed by atoms with Crippen molar-refractivity contribution in [2.75, 3.05) is 17.7 Å². The molecule has 94 valence electrons. The average Bonchev–Trinajstić information content (AvgIpc) is 2.32. The van der Waals surface area contributed by atoms with Crippen molar-refractivity contribution in [1.29, 1.82) is 0 Å². The van der Waals surface area contributed by atoms with Gasteiger partial charge in [-0.25, -0.2) is 0 Å². The Morgan fingerprint density at radius 1 is 1.17 bits per heavy atom. The normalized spacial score (nSPS) is 10.4. The van der Waals surface area contributed by atoms with Gasteiger partial charge in [-0.05, 0) is 58.5 Å². The average molecular weight is 417 g/mol. The molecular formula is C14H14BrIN2. The maximum absolute atomic E-state index is 6.03. The van der Waals surface area contributed by atoms with Crippen LogP contribution in [0.2, 0.25) is 0 Å². The summed E-state index contributed by atoms with van der Waals surface area (Å²) < 4.78 is 2.26. The van der Waals surface area contributed by atoms with Gasteiger partial charge in [-0.3, -0.25) is 0 Å². The second-order valence-electron chi connectivity index (χ2n) is 4.19. The fourth-order valence-corrected chi connectivity index (χ4v) is 2.56. The van der Waals surface area contributed by atoms with Crippen LogP contribution in [0.15, 0.2) is 46.9 Å². The molecular weight excluding hydrogens is 403 g/mol. The van der Waals surface area contributed by atoms with Crippen LogP contribution in [0, 0.1) is 3.57 Å². The highest BCUT2D eigenvalue weighted by molar-refractivity contribution is 14.1. The van der Waals surface area contributed by atoms with E-state index in [9.17, 15) is 0 Å². The maximum Gasteiger partial charge on any atom is 0.0601 e. The number of nitrogens with zero attached hydrogens (tertiary/aromatic N) is 1. The molecule has 0 aliphatic heterocycles. The highest BCUT2D eigenvalue weighted by Gasteiger charge is 2.06. The van der Waals surface area contributed by atoms with Gasteiger partial charge in [0.15, 0.2) is 0 Å². The zero-order valence-corrected chi connectivity index (χ0v) is 13.8. The largest absolute Gasteiger partial charge is 0.397 e. The fraction of sp³-hybridized carbons (Fsp3) is 0.143. The molecule has 0 aromatic heterocycles. The lowest BCUT2D eigenvalue weighted by molar-refractivity contribution is 0.924. The minimum Gasteiger partial charge on any atom is -0.397 e. The maximum atomic E-state index is 6.03. The third-order valence-electron chi connectivity index (χ3n) is 2.73. The third kappa shape index (κ3) is 3.38. The molecule has 0 spiro atoms. The summed E-state index contributed by atoms with van der Waals surface area (Å²) in [6, 6.07) is 14.5. The van der Waals surface area contributed by atoms with E-state index in [1.807, 2.05) is 18.2 Å². The van der Waals surface area contributed by atoms with E-state index in [-0.39, 0.29) is 0 Å². The van der Waals surface area contributed by atoms with Crippen LogP contribution >= 0.6 is 38.5 Å². The number of hydrogen-bond donors (Lipinski definition) is 1. The van der Waals surface area contributed by atoms with Gasteiger partial charge in [0.25, 0.3) is 0 Å². The van der Waals surface area contributed by atoms with Gasteiger partial charge in [0.05, 0.1) is 11.4 Å². The molecule has 2 aromatic carbocycles. The van der Waals surface area contributed by atoms with Crippen molar-refractivity contribution >= 4 is 49.9 Å². The van der Waals surface area contributed by atoms with E-state index < -0.39 is 0 Å². The zero-order chi connectivity index (χ0) is 13.1. The fourth-order valence-electron chi connectivity index (χ4n) is 1.82. The minimum absolute atomic E-state index is 0.789. The smallest absolute Gasteiger partial charge is 0.0601 e. The van der Waals surface area contributed by atoms with Crippen molar-refractivity contribution in [3.63, 3.8) is 0 Å². The molecule has 0 bridgehead atoms. The molecule has 0 amide bonds. The van der Waals surface area contributed by atoms with Crippen LogP contribution in [0.3, 0.4) is 0 Å². The molecule has 0 radical (unpaired) electrons. The molecule has 0 aliphatic carbocycles. The molecule has 4 heteroatoms. The van der Waals surface area contributed by atoms with Crippen LogP contribution in [0.5, 0.6) is 0 Å². The van der Waals surface area contributed by atoms with Gasteiger partial charge in [0.2, 0.25) is 0 Å². The molecule has 0 unspecified atom stereocenters. The second-order valence-corrected chi connectivity index (χ2v) is 6.35. The Morgan fingerprint density at radius 2 is 1.83 bits per heavy atom. The predicted molar refractivity (Wildman–Crippen MR) is 89.8 cm³/mol. The van der Waals surface area contributed by atoms with Crippen molar-refractivity contribution in [2.24, 2.45) is 0 Å². The Hall–Kier alpha value is -0.750. The van der Waals surface area contributed by atoms with Gasteiger partial charge in [0.1, 0.15) is 0 Å². The van der Waals surface area contributed by atoms with Gasteiger partial charge in [-0.15, -0.1) is 0 Å². The van der Waals surface area contributed by atoms with E-state index in [0.717, 1.165) is 22.4 Å². The van der Waals surface area contributed by atoms with Crippen LogP contribution in [0.25, 0.3) is 0 Å². The third-order valence-corrected chi connectivity index (χ3v) is 3.95. The number of nitrogen functional groups attached to an aromatic ring is 1. The van der Waals surface area contributed by atoms with Crippen LogP contribution in [0.1, 0.15) is 5.56 Å². The van der Waals surface area contributed by atoms with E-state index in [0.29, 0.717) is 0 Å². The molecule has 0 heterocycles. The summed E-state index contributed by atoms with van der Waals surface area (Å²) in [7, 11) is 2.05. The lowest BCUT2D eigenvalue weighted by atomic mass is 10.2. The summed E-state index contributed by atoms with van der Waals surface area (Å²) in [5.41, 5.74) is 9.15. The van der Waals surface area contributed by atoms with Gasteiger partial charge in [-0.2, -0.15) is 0 Å². The molecule has 0 aliphatic rings. The number of benzene rings is 2. The molecule has 0 fully saturated rings. The monoisotopic (exact) mass is 416 g/mol. The number of halogens is 2. The number of rotatable bonds is 3. The molecule has 0 atom stereocenters. The van der Waals surface area contributed by atoms with Crippen molar-refractivity contribution in [1.82, 2.24) is 0 Å². The Kier molecular flexibility index (Phi) is 4.50. The molecule has 2 rings (SSSR count). The van der Waals surface area contributed by atoms with Gasteiger partial charge in [-0.1, -0.05) is 28.1 Å². The van der Waals surface area contributed by atoms with Crippen molar-refractivity contribution in [3.05, 3.63) is 56.1 Å². The molecule has 2 N–H and O–H groups in total. The van der Waals surface area contributed by atoms with Gasteiger partial charge < -0.3 is 10.6 Å². The summed E-state index contributed by atoms with van der Waals surface area (Å²) in [6.45, 7) is 0.850. The number of hydrogen-bond acceptors (Lipinski definition) is 2. The van der Waals surface area contributed by atoms with Crippen molar-refractivity contribution < 1.29 is 0 Å². The quantitative estimate of drug-likeness (QED) is 0.597. The van der Waals surface area contributed by atoms with Crippen LogP contribution in [0.4, 0.5) is 11.4 Å². The summed E-state index contributed by atoms with van der Waals surface area (Å²) in [5.74, 6) is 0. The Labute approximate surface area is 129 Å². The summed E-state index contributed by atoms with van der Waals surface area (Å²) in [6.07, 6.45) is 0. The van der Waals surface area contributed by atoms with Gasteiger partial charge in [0, 0.05) is 21.6 Å². The van der Waals surface area contributed by atoms with E-state index >= 15 is 0 Å². The Balaban J connectivity index is 2.16. The first kappa shape index (κ1) is 13.7. The lowest BCUT2D eigenvalue weighted by Crippen LogP contribution is -2.17. The topological polar surface area (TPSA) is 29.3 Å². The standard InChI is InChI=1S/C14H14BrIN2/c1-18(9-10-2-5-12(16)6-3-10)14-7-4-11(15)8-13(14)17/h2-8H,9,17H2,1H3.